The van der Waals surface area contributed by atoms with Gasteiger partial charge in [0, 0.05) is 0 Å². The molecule has 23 heavy (non-hydrogen) atoms. The molecule has 0 aromatic heterocycles. The second-order valence-electron chi connectivity index (χ2n) is 6.87. The van der Waals surface area contributed by atoms with Gasteiger partial charge in [-0.15, -0.1) is 0 Å². The Morgan fingerprint density at radius 1 is 1.17 bits per heavy atom. The molecule has 0 aliphatic heterocycles. The van der Waals surface area contributed by atoms with E-state index >= 15 is 0 Å². The van der Waals surface area contributed by atoms with Crippen LogP contribution in [-0.4, -0.2) is 16.2 Å². The number of aliphatic carboxylic acids is 1. The minimum atomic E-state index is -1.31. The molecule has 0 saturated heterocycles. The van der Waals surface area contributed by atoms with Crippen molar-refractivity contribution in [1.29, 1.82) is 0 Å². The van der Waals surface area contributed by atoms with Gasteiger partial charge in [-0.3, -0.25) is 0 Å². The van der Waals surface area contributed by atoms with E-state index in [1.54, 1.807) is 19.1 Å². The van der Waals surface area contributed by atoms with E-state index < -0.39 is 11.7 Å². The van der Waals surface area contributed by atoms with Gasteiger partial charge in [-0.05, 0) is 56.6 Å². The molecule has 0 unspecified atom stereocenters. The largest absolute Gasteiger partial charge is 0.502 e. The quantitative estimate of drug-likeness (QED) is 0.400. The highest BCUT2D eigenvalue weighted by Crippen LogP contribution is 2.40. The molecule has 3 heteroatoms. The van der Waals surface area contributed by atoms with Gasteiger partial charge in [-0.1, -0.05) is 55.4 Å². The zero-order chi connectivity index (χ0) is 17.6. The molecule has 1 aliphatic rings. The van der Waals surface area contributed by atoms with Crippen LogP contribution in [0.25, 0.3) is 0 Å². The van der Waals surface area contributed by atoms with Crippen LogP contribution in [0.5, 0.6) is 0 Å². The van der Waals surface area contributed by atoms with E-state index in [0.29, 0.717) is 5.57 Å². The molecule has 0 bridgehead atoms. The normalized spacial score (nSPS) is 20.3. The van der Waals surface area contributed by atoms with Crippen LogP contribution in [0.4, 0.5) is 0 Å². The molecule has 0 saturated carbocycles. The summed E-state index contributed by atoms with van der Waals surface area (Å²) in [7, 11) is 0. The summed E-state index contributed by atoms with van der Waals surface area (Å²) in [5.74, 6) is -1.93. The molecule has 1 aliphatic carbocycles. The number of carboxylic acid groups (broad SMARTS) is 1. The summed E-state index contributed by atoms with van der Waals surface area (Å²) in [5.41, 5.74) is 4.51. The van der Waals surface area contributed by atoms with Crippen LogP contribution in [0.3, 0.4) is 0 Å². The molecule has 2 N–H and O–H groups in total. The number of hydrogen-bond acceptors (Lipinski definition) is 2. The van der Waals surface area contributed by atoms with Crippen LogP contribution < -0.4 is 0 Å². The van der Waals surface area contributed by atoms with E-state index in [2.05, 4.69) is 32.9 Å². The Morgan fingerprint density at radius 3 is 2.39 bits per heavy atom. The molecule has 0 radical (unpaired) electrons. The predicted octanol–water partition coefficient (Wildman–Crippen LogP) is 5.49. The second-order valence-corrected chi connectivity index (χ2v) is 6.87. The van der Waals surface area contributed by atoms with Crippen molar-refractivity contribution >= 4 is 5.97 Å². The zero-order valence-corrected chi connectivity index (χ0v) is 14.8. The first-order valence-electron chi connectivity index (χ1n) is 8.01. The number of hydrogen-bond donors (Lipinski definition) is 2. The van der Waals surface area contributed by atoms with Crippen LogP contribution >= 0.6 is 0 Å². The third-order valence-corrected chi connectivity index (χ3v) is 4.34. The van der Waals surface area contributed by atoms with Crippen molar-refractivity contribution in [2.75, 3.05) is 0 Å². The number of carbonyl (C=O) groups is 1. The Balaban J connectivity index is 2.85. The van der Waals surface area contributed by atoms with Gasteiger partial charge in [0.25, 0.3) is 0 Å². The average Bonchev–Trinajstić information content (AvgIpc) is 2.44. The molecule has 3 nitrogen and oxygen atoms in total. The Labute approximate surface area is 139 Å². The monoisotopic (exact) mass is 316 g/mol. The summed E-state index contributed by atoms with van der Waals surface area (Å²) in [6.45, 7) is 10.4. The lowest BCUT2D eigenvalue weighted by Gasteiger charge is -2.32. The molecule has 0 heterocycles. The SMILES string of the molecule is CC(C=CC1=C(C)CCCC1(C)C)=CC=CC(C)=C(O)C(=O)O. The fourth-order valence-corrected chi connectivity index (χ4v) is 2.87. The van der Waals surface area contributed by atoms with Gasteiger partial charge in [0.2, 0.25) is 5.76 Å². The molecular formula is C20H28O3. The topological polar surface area (TPSA) is 57.5 Å². The van der Waals surface area contributed by atoms with E-state index in [4.69, 9.17) is 5.11 Å². The fourth-order valence-electron chi connectivity index (χ4n) is 2.87. The van der Waals surface area contributed by atoms with Crippen LogP contribution in [0.1, 0.15) is 53.9 Å². The van der Waals surface area contributed by atoms with E-state index in [1.165, 1.54) is 30.4 Å². The Morgan fingerprint density at radius 2 is 1.83 bits per heavy atom. The molecule has 0 spiro atoms. The molecular weight excluding hydrogens is 288 g/mol. The van der Waals surface area contributed by atoms with Gasteiger partial charge in [-0.2, -0.15) is 0 Å². The van der Waals surface area contributed by atoms with Crippen LogP contribution in [0.2, 0.25) is 0 Å². The molecule has 0 aromatic carbocycles. The molecule has 0 atom stereocenters. The first kappa shape index (κ1) is 19.0. The van der Waals surface area contributed by atoms with Crippen molar-refractivity contribution in [1.82, 2.24) is 0 Å². The van der Waals surface area contributed by atoms with Crippen LogP contribution in [0.15, 0.2) is 58.4 Å². The lowest BCUT2D eigenvalue weighted by atomic mass is 9.72. The van der Waals surface area contributed by atoms with Gasteiger partial charge in [0.15, 0.2) is 0 Å². The smallest absolute Gasteiger partial charge is 0.371 e. The summed E-state index contributed by atoms with van der Waals surface area (Å²) >= 11 is 0. The maximum absolute atomic E-state index is 10.6. The van der Waals surface area contributed by atoms with Crippen molar-refractivity contribution in [2.24, 2.45) is 5.41 Å². The van der Waals surface area contributed by atoms with Gasteiger partial charge < -0.3 is 10.2 Å². The lowest BCUT2D eigenvalue weighted by molar-refractivity contribution is -0.135. The third kappa shape index (κ3) is 5.59. The first-order valence-corrected chi connectivity index (χ1v) is 8.01. The standard InChI is InChI=1S/C20H28O3/c1-14(8-6-9-16(3)18(21)19(22)23)11-12-17-15(2)10-7-13-20(17,4)5/h6,8-9,11-12,21H,7,10,13H2,1-5H3,(H,22,23). The number of carboxylic acids is 1. The summed E-state index contributed by atoms with van der Waals surface area (Å²) in [6, 6.07) is 0. The van der Waals surface area contributed by atoms with E-state index in [-0.39, 0.29) is 5.41 Å². The summed E-state index contributed by atoms with van der Waals surface area (Å²) < 4.78 is 0. The molecule has 0 fully saturated rings. The molecule has 126 valence electrons. The average molecular weight is 316 g/mol. The van der Waals surface area contributed by atoms with Crippen molar-refractivity contribution in [3.8, 4) is 0 Å². The number of aliphatic hydroxyl groups excluding tert-OH is 1. The Bertz CT molecular complexity index is 611. The first-order chi connectivity index (χ1) is 10.6. The van der Waals surface area contributed by atoms with Gasteiger partial charge in [0.05, 0.1) is 0 Å². The minimum Gasteiger partial charge on any atom is -0.502 e. The summed E-state index contributed by atoms with van der Waals surface area (Å²) in [6.07, 6.45) is 13.2. The molecule has 0 amide bonds. The summed E-state index contributed by atoms with van der Waals surface area (Å²) in [4.78, 5) is 10.6. The maximum Gasteiger partial charge on any atom is 0.371 e. The highest BCUT2D eigenvalue weighted by Gasteiger charge is 2.26. The van der Waals surface area contributed by atoms with E-state index in [0.717, 1.165) is 5.57 Å². The van der Waals surface area contributed by atoms with Crippen molar-refractivity contribution in [3.05, 3.63) is 58.4 Å². The molecule has 0 aromatic rings. The van der Waals surface area contributed by atoms with Crippen molar-refractivity contribution in [2.45, 2.75) is 53.9 Å². The third-order valence-electron chi connectivity index (χ3n) is 4.34. The Hall–Kier alpha value is -2.03. The lowest BCUT2D eigenvalue weighted by Crippen LogP contribution is -2.19. The van der Waals surface area contributed by atoms with Crippen LogP contribution in [0, 0.1) is 5.41 Å². The Kier molecular flexibility index (Phi) is 6.62. The fraction of sp³-hybridized carbons (Fsp3) is 0.450. The van der Waals surface area contributed by atoms with Crippen molar-refractivity contribution < 1.29 is 15.0 Å². The molecule has 1 rings (SSSR count). The van der Waals surface area contributed by atoms with Gasteiger partial charge in [0.1, 0.15) is 0 Å². The van der Waals surface area contributed by atoms with E-state index in [1.807, 2.05) is 13.0 Å². The van der Waals surface area contributed by atoms with E-state index in [9.17, 15) is 9.90 Å². The predicted molar refractivity (Wildman–Crippen MR) is 95.3 cm³/mol. The minimum absolute atomic E-state index is 0.224. The number of allylic oxidation sites excluding steroid dienone is 9. The number of aliphatic hydroxyl groups is 1. The highest BCUT2D eigenvalue weighted by atomic mass is 16.4. The summed E-state index contributed by atoms with van der Waals surface area (Å²) in [5, 5.41) is 18.0. The maximum atomic E-state index is 10.6. The number of rotatable bonds is 5. The zero-order valence-electron chi connectivity index (χ0n) is 14.8. The second kappa shape index (κ2) is 8.00. The van der Waals surface area contributed by atoms with Gasteiger partial charge in [-0.25, -0.2) is 4.79 Å². The van der Waals surface area contributed by atoms with Crippen molar-refractivity contribution in [3.63, 3.8) is 0 Å². The van der Waals surface area contributed by atoms with Crippen LogP contribution in [-0.2, 0) is 4.79 Å². The van der Waals surface area contributed by atoms with Gasteiger partial charge >= 0.3 is 5.97 Å². The highest BCUT2D eigenvalue weighted by molar-refractivity contribution is 5.85.